The van der Waals surface area contributed by atoms with Gasteiger partial charge in [-0.3, -0.25) is 9.58 Å². The van der Waals surface area contributed by atoms with E-state index in [0.717, 1.165) is 36.5 Å². The van der Waals surface area contributed by atoms with Crippen molar-refractivity contribution in [2.24, 2.45) is 11.8 Å². The Bertz CT molecular complexity index is 771. The molecule has 4 atom stereocenters. The third-order valence-electron chi connectivity index (χ3n) is 5.90. The van der Waals surface area contributed by atoms with Crippen LogP contribution in [0.4, 0.5) is 4.39 Å². The predicted molar refractivity (Wildman–Crippen MR) is 101 cm³/mol. The van der Waals surface area contributed by atoms with E-state index >= 15 is 0 Å². The number of piperidine rings is 1. The molecule has 0 spiro atoms. The molecule has 0 amide bonds. The molecule has 4 rings (SSSR count). The van der Waals surface area contributed by atoms with Crippen LogP contribution < -0.4 is 0 Å². The molecule has 1 saturated heterocycles. The number of hydrogen-bond acceptors (Lipinski definition) is 3. The molecule has 0 saturated carbocycles. The molecule has 4 nitrogen and oxygen atoms in total. The van der Waals surface area contributed by atoms with Crippen molar-refractivity contribution in [3.63, 3.8) is 0 Å². The lowest BCUT2D eigenvalue weighted by atomic mass is 9.87. The number of aromatic nitrogens is 2. The van der Waals surface area contributed by atoms with E-state index in [2.05, 4.69) is 29.1 Å². The van der Waals surface area contributed by atoms with Crippen LogP contribution in [0.1, 0.15) is 26.2 Å². The molecule has 1 aromatic carbocycles. The Morgan fingerprint density at radius 3 is 2.73 bits per heavy atom. The van der Waals surface area contributed by atoms with Crippen LogP contribution in [-0.2, 0) is 11.3 Å². The van der Waals surface area contributed by atoms with Gasteiger partial charge in [0.15, 0.2) is 0 Å². The first kappa shape index (κ1) is 17.7. The first-order chi connectivity index (χ1) is 12.6. The summed E-state index contributed by atoms with van der Waals surface area (Å²) >= 11 is 0. The Labute approximate surface area is 154 Å². The van der Waals surface area contributed by atoms with E-state index in [9.17, 15) is 4.39 Å². The number of halogens is 1. The van der Waals surface area contributed by atoms with Gasteiger partial charge in [-0.05, 0) is 49.3 Å². The summed E-state index contributed by atoms with van der Waals surface area (Å²) in [6.07, 6.45) is 10.2. The number of fused-ring (bicyclic) bond motifs is 3. The first-order valence-electron chi connectivity index (χ1n) is 9.68. The quantitative estimate of drug-likeness (QED) is 0.705. The van der Waals surface area contributed by atoms with Crippen molar-refractivity contribution >= 4 is 10.9 Å². The maximum Gasteiger partial charge on any atom is 0.125 e. The summed E-state index contributed by atoms with van der Waals surface area (Å²) in [5, 5.41) is 5.47. The Morgan fingerprint density at radius 2 is 2.00 bits per heavy atom. The second kappa shape index (κ2) is 7.49. The number of hydrogen-bond donors (Lipinski definition) is 0. The number of rotatable bonds is 7. The average Bonchev–Trinajstić information content (AvgIpc) is 3.10. The van der Waals surface area contributed by atoms with Gasteiger partial charge in [0, 0.05) is 44.3 Å². The summed E-state index contributed by atoms with van der Waals surface area (Å²) in [6.45, 7) is 5.00. The van der Waals surface area contributed by atoms with Crippen LogP contribution in [0, 0.1) is 17.7 Å². The van der Waals surface area contributed by atoms with Crippen LogP contribution in [0.15, 0.2) is 36.5 Å². The fraction of sp³-hybridized carbons (Fsp3) is 0.571. The van der Waals surface area contributed by atoms with Gasteiger partial charge >= 0.3 is 0 Å². The van der Waals surface area contributed by atoms with Gasteiger partial charge in [-0.25, -0.2) is 4.39 Å². The van der Waals surface area contributed by atoms with Crippen molar-refractivity contribution in [2.45, 2.75) is 44.8 Å². The standard InChI is InChI=1S/C21H28FN3O/c1-15(14-25-21-11-18(22)4-3-17(21)12-23-25)13-24-19-5-6-20(24)10-16(9-19)7-8-26-2/h3-6,11-12,15-16,19-20H,7-10,13-14H2,1-2H3/t15-,16?,19+,20?/m1/s1. The first-order valence-corrected chi connectivity index (χ1v) is 9.68. The zero-order valence-electron chi connectivity index (χ0n) is 15.6. The van der Waals surface area contributed by atoms with Crippen LogP contribution in [0.3, 0.4) is 0 Å². The van der Waals surface area contributed by atoms with Gasteiger partial charge in [0.2, 0.25) is 0 Å². The molecule has 5 heteroatoms. The van der Waals surface area contributed by atoms with Crippen LogP contribution in [0.5, 0.6) is 0 Å². The van der Waals surface area contributed by atoms with E-state index in [1.807, 2.05) is 10.9 Å². The SMILES string of the molecule is COCCC1CC2C=C[C@@H](C1)N2C[C@@H](C)Cn1ncc2ccc(F)cc21. The van der Waals surface area contributed by atoms with Crippen molar-refractivity contribution < 1.29 is 9.13 Å². The van der Waals surface area contributed by atoms with Gasteiger partial charge in [0.25, 0.3) is 0 Å². The maximum atomic E-state index is 13.6. The lowest BCUT2D eigenvalue weighted by Crippen LogP contribution is -2.46. The summed E-state index contributed by atoms with van der Waals surface area (Å²) in [7, 11) is 1.79. The van der Waals surface area contributed by atoms with Crippen molar-refractivity contribution in [2.75, 3.05) is 20.3 Å². The molecule has 140 valence electrons. The van der Waals surface area contributed by atoms with Gasteiger partial charge in [-0.2, -0.15) is 5.10 Å². The summed E-state index contributed by atoms with van der Waals surface area (Å²) in [4.78, 5) is 2.64. The minimum Gasteiger partial charge on any atom is -0.385 e. The van der Waals surface area contributed by atoms with Crippen LogP contribution in [0.2, 0.25) is 0 Å². The summed E-state index contributed by atoms with van der Waals surface area (Å²) in [5.41, 5.74) is 0.885. The Hall–Kier alpha value is -1.72. The van der Waals surface area contributed by atoms with Crippen molar-refractivity contribution in [3.8, 4) is 0 Å². The van der Waals surface area contributed by atoms with Crippen LogP contribution in [0.25, 0.3) is 10.9 Å². The molecule has 26 heavy (non-hydrogen) atoms. The van der Waals surface area contributed by atoms with E-state index in [0.29, 0.717) is 18.0 Å². The molecular weight excluding hydrogens is 329 g/mol. The van der Waals surface area contributed by atoms with E-state index in [1.165, 1.54) is 25.3 Å². The van der Waals surface area contributed by atoms with E-state index in [-0.39, 0.29) is 5.82 Å². The highest BCUT2D eigenvalue weighted by molar-refractivity contribution is 5.78. The molecule has 0 N–H and O–H groups in total. The number of benzene rings is 1. The van der Waals surface area contributed by atoms with Crippen molar-refractivity contribution in [1.82, 2.24) is 14.7 Å². The lowest BCUT2D eigenvalue weighted by Gasteiger charge is -2.40. The molecule has 2 bridgehead atoms. The molecule has 1 aromatic heterocycles. The van der Waals surface area contributed by atoms with Crippen LogP contribution >= 0.6 is 0 Å². The molecule has 0 aliphatic carbocycles. The summed E-state index contributed by atoms with van der Waals surface area (Å²) in [6, 6.07) is 6.00. The minimum atomic E-state index is -0.202. The fourth-order valence-electron chi connectivity index (χ4n) is 4.62. The monoisotopic (exact) mass is 357 g/mol. The van der Waals surface area contributed by atoms with Gasteiger partial charge in [0.05, 0.1) is 11.7 Å². The van der Waals surface area contributed by atoms with Crippen molar-refractivity contribution in [1.29, 1.82) is 0 Å². The fourth-order valence-corrected chi connectivity index (χ4v) is 4.62. The molecule has 1 fully saturated rings. The van der Waals surface area contributed by atoms with Gasteiger partial charge < -0.3 is 4.74 Å². The maximum absolute atomic E-state index is 13.6. The zero-order chi connectivity index (χ0) is 18.1. The highest BCUT2D eigenvalue weighted by atomic mass is 19.1. The largest absolute Gasteiger partial charge is 0.385 e. The minimum absolute atomic E-state index is 0.202. The van der Waals surface area contributed by atoms with Gasteiger partial charge in [-0.15, -0.1) is 0 Å². The number of nitrogens with zero attached hydrogens (tertiary/aromatic N) is 3. The summed E-state index contributed by atoms with van der Waals surface area (Å²) in [5.74, 6) is 1.03. The normalized spacial score (nSPS) is 26.7. The van der Waals surface area contributed by atoms with Crippen LogP contribution in [-0.4, -0.2) is 47.0 Å². The molecule has 2 unspecified atom stereocenters. The Morgan fingerprint density at radius 1 is 1.23 bits per heavy atom. The third-order valence-corrected chi connectivity index (χ3v) is 5.90. The van der Waals surface area contributed by atoms with E-state index in [1.54, 1.807) is 19.2 Å². The summed E-state index contributed by atoms with van der Waals surface area (Å²) < 4.78 is 20.8. The molecule has 0 radical (unpaired) electrons. The van der Waals surface area contributed by atoms with E-state index < -0.39 is 0 Å². The van der Waals surface area contributed by atoms with Gasteiger partial charge in [-0.1, -0.05) is 19.1 Å². The highest BCUT2D eigenvalue weighted by Crippen LogP contribution is 2.36. The molecule has 3 heterocycles. The molecular formula is C21H28FN3O. The lowest BCUT2D eigenvalue weighted by molar-refractivity contribution is 0.0805. The Kier molecular flexibility index (Phi) is 5.09. The highest BCUT2D eigenvalue weighted by Gasteiger charge is 2.37. The second-order valence-electron chi connectivity index (χ2n) is 7.97. The molecule has 2 aliphatic rings. The topological polar surface area (TPSA) is 30.3 Å². The average molecular weight is 357 g/mol. The third kappa shape index (κ3) is 3.55. The number of ether oxygens (including phenoxy) is 1. The predicted octanol–water partition coefficient (Wildman–Crippen LogP) is 3.87. The Balaban J connectivity index is 1.38. The van der Waals surface area contributed by atoms with Gasteiger partial charge in [0.1, 0.15) is 5.82 Å². The molecule has 2 aliphatic heterocycles. The smallest absolute Gasteiger partial charge is 0.125 e. The second-order valence-corrected chi connectivity index (χ2v) is 7.97. The zero-order valence-corrected chi connectivity index (χ0v) is 15.6. The van der Waals surface area contributed by atoms with E-state index in [4.69, 9.17) is 4.74 Å². The van der Waals surface area contributed by atoms with Crippen molar-refractivity contribution in [3.05, 3.63) is 42.4 Å². The molecule has 2 aromatic rings. The number of methoxy groups -OCH3 is 1.